The van der Waals surface area contributed by atoms with E-state index in [0.717, 1.165) is 56.0 Å². The molecule has 2 heterocycles. The Labute approximate surface area is 172 Å². The van der Waals surface area contributed by atoms with Crippen LogP contribution < -0.4 is 10.6 Å². The van der Waals surface area contributed by atoms with Gasteiger partial charge < -0.3 is 15.4 Å². The van der Waals surface area contributed by atoms with Crippen molar-refractivity contribution in [3.8, 4) is 0 Å². The van der Waals surface area contributed by atoms with Crippen LogP contribution in [0.1, 0.15) is 50.7 Å². The molecule has 2 saturated carbocycles. The maximum atomic E-state index is 5.14. The first-order valence-electron chi connectivity index (χ1n) is 9.69. The molecule has 0 bridgehead atoms. The maximum Gasteiger partial charge on any atom is 0.191 e. The van der Waals surface area contributed by atoms with Gasteiger partial charge in [-0.25, -0.2) is 9.67 Å². The van der Waals surface area contributed by atoms with Crippen LogP contribution in [-0.2, 0) is 24.3 Å². The van der Waals surface area contributed by atoms with E-state index in [4.69, 9.17) is 9.73 Å². The zero-order chi connectivity index (χ0) is 17.3. The first-order valence-corrected chi connectivity index (χ1v) is 9.69. The number of hydrogen-bond acceptors (Lipinski definition) is 4. The predicted molar refractivity (Wildman–Crippen MR) is 112 cm³/mol. The number of nitrogens with zero attached hydrogens (tertiary/aromatic N) is 4. The number of aromatic nitrogens is 3. The Morgan fingerprint density at radius 3 is 2.81 bits per heavy atom. The summed E-state index contributed by atoms with van der Waals surface area (Å²) >= 11 is 0. The fourth-order valence-corrected chi connectivity index (χ4v) is 3.97. The fraction of sp³-hybridized carbons (Fsp3) is 0.833. The van der Waals surface area contributed by atoms with Crippen LogP contribution in [0.3, 0.4) is 0 Å². The Morgan fingerprint density at radius 2 is 2.15 bits per heavy atom. The van der Waals surface area contributed by atoms with Crippen molar-refractivity contribution >= 4 is 29.9 Å². The molecule has 0 aromatic carbocycles. The van der Waals surface area contributed by atoms with E-state index < -0.39 is 0 Å². The van der Waals surface area contributed by atoms with E-state index in [-0.39, 0.29) is 24.0 Å². The molecule has 2 fully saturated rings. The van der Waals surface area contributed by atoms with Crippen LogP contribution >= 0.6 is 24.0 Å². The normalized spacial score (nSPS) is 23.8. The zero-order valence-electron chi connectivity index (χ0n) is 15.8. The molecule has 1 unspecified atom stereocenters. The van der Waals surface area contributed by atoms with Gasteiger partial charge in [0.2, 0.25) is 0 Å². The summed E-state index contributed by atoms with van der Waals surface area (Å²) < 4.78 is 7.16. The number of ether oxygens (including phenoxy) is 1. The molecule has 2 N–H and O–H groups in total. The van der Waals surface area contributed by atoms with Gasteiger partial charge in [-0.15, -0.1) is 24.0 Å². The van der Waals surface area contributed by atoms with Crippen LogP contribution in [-0.4, -0.2) is 47.0 Å². The van der Waals surface area contributed by atoms with E-state index >= 15 is 0 Å². The van der Waals surface area contributed by atoms with E-state index in [1.54, 1.807) is 7.11 Å². The lowest BCUT2D eigenvalue weighted by Crippen LogP contribution is -2.47. The van der Waals surface area contributed by atoms with E-state index in [1.807, 2.05) is 4.68 Å². The standard InChI is InChI=1S/C18H30N6O.HI/c1-3-19-17(20-12-18(8-9-18)13-4-5-13)21-14-6-7-16-22-15(11-25-2)23-24(16)10-14;/h13-14H,3-12H2,1-2H3,(H2,19,20,21);1H. The molecule has 26 heavy (non-hydrogen) atoms. The Balaban J connectivity index is 0.00000196. The number of fused-ring (bicyclic) bond motifs is 1. The van der Waals surface area contributed by atoms with Crippen molar-refractivity contribution in [3.05, 3.63) is 11.6 Å². The van der Waals surface area contributed by atoms with Crippen molar-refractivity contribution in [2.45, 2.75) is 64.6 Å². The molecule has 1 atom stereocenters. The van der Waals surface area contributed by atoms with E-state index in [9.17, 15) is 0 Å². The molecule has 0 amide bonds. The Kier molecular flexibility index (Phi) is 6.42. The number of aryl methyl sites for hydroxylation is 1. The van der Waals surface area contributed by atoms with Gasteiger partial charge in [0.1, 0.15) is 12.4 Å². The first kappa shape index (κ1) is 19.9. The van der Waals surface area contributed by atoms with E-state index in [0.29, 0.717) is 18.1 Å². The number of aliphatic imine (C=N–C) groups is 1. The average Bonchev–Trinajstić information content (AvgIpc) is 3.50. The van der Waals surface area contributed by atoms with Crippen LogP contribution in [0.2, 0.25) is 0 Å². The molecule has 2 aliphatic carbocycles. The largest absolute Gasteiger partial charge is 0.377 e. The SMILES string of the molecule is CCNC(=NCC1(C2CC2)CC1)NC1CCc2nc(COC)nn2C1.I. The molecule has 0 spiro atoms. The third kappa shape index (κ3) is 4.49. The number of nitrogens with one attached hydrogen (secondary N) is 2. The Hall–Kier alpha value is -0.900. The molecule has 8 heteroatoms. The maximum absolute atomic E-state index is 5.14. The molecule has 7 nitrogen and oxygen atoms in total. The van der Waals surface area contributed by atoms with Crippen LogP contribution in [0.5, 0.6) is 0 Å². The molecule has 146 valence electrons. The molecule has 4 rings (SSSR count). The lowest BCUT2D eigenvalue weighted by molar-refractivity contribution is 0.177. The van der Waals surface area contributed by atoms with Crippen molar-refractivity contribution in [1.82, 2.24) is 25.4 Å². The van der Waals surface area contributed by atoms with E-state index in [1.165, 1.54) is 25.7 Å². The third-order valence-corrected chi connectivity index (χ3v) is 5.75. The minimum absolute atomic E-state index is 0. The topological polar surface area (TPSA) is 76.4 Å². The lowest BCUT2D eigenvalue weighted by atomic mass is 10.0. The van der Waals surface area contributed by atoms with Gasteiger partial charge >= 0.3 is 0 Å². The second-order valence-corrected chi connectivity index (χ2v) is 7.77. The van der Waals surface area contributed by atoms with Crippen molar-refractivity contribution in [3.63, 3.8) is 0 Å². The summed E-state index contributed by atoms with van der Waals surface area (Å²) in [5.74, 6) is 3.75. The van der Waals surface area contributed by atoms with Gasteiger partial charge in [-0.2, -0.15) is 5.10 Å². The molecular formula is C18H31IN6O. The fourth-order valence-electron chi connectivity index (χ4n) is 3.97. The van der Waals surface area contributed by atoms with Gasteiger partial charge in [-0.05, 0) is 50.4 Å². The number of halogens is 1. The van der Waals surface area contributed by atoms with Gasteiger partial charge in [0.05, 0.1) is 6.54 Å². The highest BCUT2D eigenvalue weighted by Gasteiger charge is 2.53. The summed E-state index contributed by atoms with van der Waals surface area (Å²) in [4.78, 5) is 9.47. The quantitative estimate of drug-likeness (QED) is 0.360. The van der Waals surface area contributed by atoms with Crippen LogP contribution in [0.4, 0.5) is 0 Å². The van der Waals surface area contributed by atoms with Gasteiger partial charge in [0.15, 0.2) is 11.8 Å². The summed E-state index contributed by atoms with van der Waals surface area (Å²) in [6.07, 6.45) is 7.58. The summed E-state index contributed by atoms with van der Waals surface area (Å²) in [5.41, 5.74) is 0.545. The van der Waals surface area contributed by atoms with Crippen LogP contribution in [0.25, 0.3) is 0 Å². The predicted octanol–water partition coefficient (Wildman–Crippen LogP) is 2.10. The van der Waals surface area contributed by atoms with Crippen molar-refractivity contribution < 1.29 is 4.74 Å². The Bertz CT molecular complexity index is 638. The second-order valence-electron chi connectivity index (χ2n) is 7.77. The van der Waals surface area contributed by atoms with Gasteiger partial charge in [0, 0.05) is 32.7 Å². The minimum Gasteiger partial charge on any atom is -0.377 e. The molecule has 0 saturated heterocycles. The van der Waals surface area contributed by atoms with Gasteiger partial charge in [-0.1, -0.05) is 0 Å². The van der Waals surface area contributed by atoms with Crippen LogP contribution in [0.15, 0.2) is 4.99 Å². The lowest BCUT2D eigenvalue weighted by Gasteiger charge is -2.25. The third-order valence-electron chi connectivity index (χ3n) is 5.75. The highest BCUT2D eigenvalue weighted by molar-refractivity contribution is 14.0. The average molecular weight is 474 g/mol. The first-order chi connectivity index (χ1) is 12.2. The number of methoxy groups -OCH3 is 1. The Morgan fingerprint density at radius 1 is 1.35 bits per heavy atom. The van der Waals surface area contributed by atoms with E-state index in [2.05, 4.69) is 27.6 Å². The highest BCUT2D eigenvalue weighted by Crippen LogP contribution is 2.61. The second kappa shape index (κ2) is 8.41. The van der Waals surface area contributed by atoms with Crippen molar-refractivity contribution in [1.29, 1.82) is 0 Å². The molecule has 3 aliphatic rings. The molecular weight excluding hydrogens is 443 g/mol. The number of hydrogen-bond donors (Lipinski definition) is 2. The summed E-state index contributed by atoms with van der Waals surface area (Å²) in [6, 6.07) is 0.346. The number of rotatable bonds is 7. The zero-order valence-corrected chi connectivity index (χ0v) is 18.2. The van der Waals surface area contributed by atoms with Crippen molar-refractivity contribution in [2.24, 2.45) is 16.3 Å². The summed E-state index contributed by atoms with van der Waals surface area (Å²) in [7, 11) is 1.68. The van der Waals surface area contributed by atoms with Gasteiger partial charge in [0.25, 0.3) is 0 Å². The highest BCUT2D eigenvalue weighted by atomic mass is 127. The monoisotopic (exact) mass is 474 g/mol. The summed E-state index contributed by atoms with van der Waals surface area (Å²) in [5, 5.41) is 11.6. The molecule has 0 radical (unpaired) electrons. The smallest absolute Gasteiger partial charge is 0.191 e. The molecule has 1 aromatic heterocycles. The van der Waals surface area contributed by atoms with Gasteiger partial charge in [-0.3, -0.25) is 4.99 Å². The van der Waals surface area contributed by atoms with Crippen molar-refractivity contribution in [2.75, 3.05) is 20.2 Å². The summed E-state index contributed by atoms with van der Waals surface area (Å²) in [6.45, 7) is 5.31. The minimum atomic E-state index is 0. The molecule has 1 aromatic rings. The number of guanidine groups is 1. The molecule has 1 aliphatic heterocycles. The van der Waals surface area contributed by atoms with Crippen LogP contribution in [0, 0.1) is 11.3 Å².